The summed E-state index contributed by atoms with van der Waals surface area (Å²) in [6.07, 6.45) is 0.525. The Balaban J connectivity index is 2.01. The van der Waals surface area contributed by atoms with Gasteiger partial charge >= 0.3 is 5.97 Å². The van der Waals surface area contributed by atoms with Crippen LogP contribution >= 0.6 is 0 Å². The molecule has 0 fully saturated rings. The first-order valence-electron chi connectivity index (χ1n) is 6.92. The first-order valence-corrected chi connectivity index (χ1v) is 6.92. The number of hydrogen-bond acceptors (Lipinski definition) is 3. The van der Waals surface area contributed by atoms with Gasteiger partial charge in [-0.25, -0.2) is 4.79 Å². The molecule has 0 amide bonds. The molecule has 0 spiro atoms. The molecule has 4 heteroatoms. The third-order valence-corrected chi connectivity index (χ3v) is 3.16. The fourth-order valence-electron chi connectivity index (χ4n) is 1.90. The van der Waals surface area contributed by atoms with E-state index in [4.69, 9.17) is 9.84 Å². The predicted molar refractivity (Wildman–Crippen MR) is 83.0 cm³/mol. The second kappa shape index (κ2) is 6.79. The lowest BCUT2D eigenvalue weighted by Gasteiger charge is -2.14. The number of aryl methyl sites for hydroxylation is 1. The Bertz CT molecular complexity index is 590. The molecule has 0 aliphatic carbocycles. The van der Waals surface area contributed by atoms with Gasteiger partial charge in [0.25, 0.3) is 0 Å². The number of hydrogen-bond donors (Lipinski definition) is 2. The average Bonchev–Trinajstić information content (AvgIpc) is 2.48. The summed E-state index contributed by atoms with van der Waals surface area (Å²) in [5.41, 5.74) is 1.95. The van der Waals surface area contributed by atoms with Gasteiger partial charge in [0.05, 0.1) is 0 Å². The molecule has 4 nitrogen and oxygen atoms in total. The number of nitrogens with one attached hydrogen (secondary N) is 1. The molecule has 0 bridgehead atoms. The number of benzene rings is 2. The summed E-state index contributed by atoms with van der Waals surface area (Å²) < 4.78 is 5.72. The maximum absolute atomic E-state index is 11.0. The Kier molecular flexibility index (Phi) is 4.82. The largest absolute Gasteiger partial charge is 0.480 e. The van der Waals surface area contributed by atoms with E-state index in [1.165, 1.54) is 5.56 Å². The number of rotatable bonds is 6. The van der Waals surface area contributed by atoms with Crippen molar-refractivity contribution in [2.45, 2.75) is 26.3 Å². The molecule has 0 aliphatic rings. The standard InChI is InChI=1S/C17H19NO3/c1-3-16(17(19)20)18-13-6-10-15(11-7-13)21-14-8-4-12(2)5-9-14/h4-11,16,18H,3H2,1-2H3,(H,19,20). The fraction of sp³-hybridized carbons (Fsp3) is 0.235. The number of carbonyl (C=O) groups is 1. The molecule has 21 heavy (non-hydrogen) atoms. The van der Waals surface area contributed by atoms with Crippen molar-refractivity contribution in [2.75, 3.05) is 5.32 Å². The zero-order valence-electron chi connectivity index (χ0n) is 12.2. The normalized spacial score (nSPS) is 11.7. The minimum absolute atomic E-state index is 0.525. The number of carboxylic acids is 1. The van der Waals surface area contributed by atoms with Gasteiger partial charge in [-0.2, -0.15) is 0 Å². The van der Waals surface area contributed by atoms with Crippen LogP contribution in [-0.4, -0.2) is 17.1 Å². The molecule has 0 radical (unpaired) electrons. The summed E-state index contributed by atoms with van der Waals surface area (Å²) in [4.78, 5) is 11.0. The van der Waals surface area contributed by atoms with Crippen LogP contribution in [0.4, 0.5) is 5.69 Å². The molecule has 2 aromatic rings. The van der Waals surface area contributed by atoms with Crippen LogP contribution in [0.1, 0.15) is 18.9 Å². The quantitative estimate of drug-likeness (QED) is 0.840. The molecule has 0 aromatic heterocycles. The summed E-state index contributed by atoms with van der Waals surface area (Å²) in [6, 6.07) is 14.5. The molecular formula is C17H19NO3. The lowest BCUT2D eigenvalue weighted by atomic mass is 10.2. The van der Waals surface area contributed by atoms with Crippen LogP contribution in [0, 0.1) is 6.92 Å². The van der Waals surface area contributed by atoms with Crippen LogP contribution < -0.4 is 10.1 Å². The van der Waals surface area contributed by atoms with Crippen LogP contribution in [0.3, 0.4) is 0 Å². The van der Waals surface area contributed by atoms with E-state index in [0.717, 1.165) is 11.4 Å². The van der Waals surface area contributed by atoms with Crippen molar-refractivity contribution in [1.82, 2.24) is 0 Å². The van der Waals surface area contributed by atoms with Crippen molar-refractivity contribution in [3.63, 3.8) is 0 Å². The Morgan fingerprint density at radius 1 is 1.10 bits per heavy atom. The lowest BCUT2D eigenvalue weighted by molar-refractivity contribution is -0.137. The molecule has 0 saturated carbocycles. The first-order chi connectivity index (χ1) is 10.1. The van der Waals surface area contributed by atoms with Crippen LogP contribution in [0.15, 0.2) is 48.5 Å². The van der Waals surface area contributed by atoms with Crippen molar-refractivity contribution in [3.05, 3.63) is 54.1 Å². The summed E-state index contributed by atoms with van der Waals surface area (Å²) >= 11 is 0. The van der Waals surface area contributed by atoms with E-state index < -0.39 is 12.0 Å². The van der Waals surface area contributed by atoms with Crippen molar-refractivity contribution in [3.8, 4) is 11.5 Å². The molecule has 2 aromatic carbocycles. The van der Waals surface area contributed by atoms with E-state index in [9.17, 15) is 4.79 Å². The maximum Gasteiger partial charge on any atom is 0.326 e. The number of anilines is 1. The van der Waals surface area contributed by atoms with Crippen molar-refractivity contribution < 1.29 is 14.6 Å². The predicted octanol–water partition coefficient (Wildman–Crippen LogP) is 4.06. The highest BCUT2D eigenvalue weighted by Gasteiger charge is 2.13. The Hall–Kier alpha value is -2.49. The summed E-state index contributed by atoms with van der Waals surface area (Å²) in [6.45, 7) is 3.86. The molecule has 2 rings (SSSR count). The molecule has 0 aliphatic heterocycles. The topological polar surface area (TPSA) is 58.6 Å². The Morgan fingerprint density at radius 2 is 1.62 bits per heavy atom. The minimum Gasteiger partial charge on any atom is -0.480 e. The summed E-state index contributed by atoms with van der Waals surface area (Å²) in [7, 11) is 0. The summed E-state index contributed by atoms with van der Waals surface area (Å²) in [5, 5.41) is 12.0. The number of ether oxygens (including phenoxy) is 1. The van der Waals surface area contributed by atoms with Gasteiger partial charge in [-0.1, -0.05) is 24.6 Å². The number of carboxylic acid groups (broad SMARTS) is 1. The van der Waals surface area contributed by atoms with Crippen molar-refractivity contribution >= 4 is 11.7 Å². The van der Waals surface area contributed by atoms with Crippen molar-refractivity contribution in [2.24, 2.45) is 0 Å². The third-order valence-electron chi connectivity index (χ3n) is 3.16. The van der Waals surface area contributed by atoms with Crippen LogP contribution in [0.2, 0.25) is 0 Å². The van der Waals surface area contributed by atoms with E-state index in [1.54, 1.807) is 0 Å². The first kappa shape index (κ1) is 14.9. The highest BCUT2D eigenvalue weighted by Crippen LogP contribution is 2.23. The average molecular weight is 285 g/mol. The monoisotopic (exact) mass is 285 g/mol. The zero-order chi connectivity index (χ0) is 15.2. The molecule has 110 valence electrons. The van der Waals surface area contributed by atoms with Gasteiger partial charge in [-0.15, -0.1) is 0 Å². The summed E-state index contributed by atoms with van der Waals surface area (Å²) in [5.74, 6) is 0.642. The van der Waals surface area contributed by atoms with E-state index in [2.05, 4.69) is 5.32 Å². The SMILES string of the molecule is CCC(Nc1ccc(Oc2ccc(C)cc2)cc1)C(=O)O. The van der Waals surface area contributed by atoms with Gasteiger partial charge < -0.3 is 15.2 Å². The Morgan fingerprint density at radius 3 is 2.10 bits per heavy atom. The van der Waals surface area contributed by atoms with E-state index in [0.29, 0.717) is 12.2 Å². The fourth-order valence-corrected chi connectivity index (χ4v) is 1.90. The third kappa shape index (κ3) is 4.24. The van der Waals surface area contributed by atoms with Gasteiger partial charge in [0.2, 0.25) is 0 Å². The molecule has 0 saturated heterocycles. The van der Waals surface area contributed by atoms with Crippen molar-refractivity contribution in [1.29, 1.82) is 0 Å². The van der Waals surface area contributed by atoms with E-state index in [-0.39, 0.29) is 0 Å². The van der Waals surface area contributed by atoms with Gasteiger partial charge in [-0.3, -0.25) is 0 Å². The van der Waals surface area contributed by atoms with Gasteiger partial charge in [0, 0.05) is 5.69 Å². The smallest absolute Gasteiger partial charge is 0.326 e. The highest BCUT2D eigenvalue weighted by atomic mass is 16.5. The van der Waals surface area contributed by atoms with Gasteiger partial charge in [0.15, 0.2) is 0 Å². The molecule has 0 heterocycles. The van der Waals surface area contributed by atoms with Crippen LogP contribution in [-0.2, 0) is 4.79 Å². The zero-order valence-corrected chi connectivity index (χ0v) is 12.2. The van der Waals surface area contributed by atoms with Gasteiger partial charge in [-0.05, 0) is 49.7 Å². The van der Waals surface area contributed by atoms with Crippen LogP contribution in [0.25, 0.3) is 0 Å². The lowest BCUT2D eigenvalue weighted by Crippen LogP contribution is -2.28. The van der Waals surface area contributed by atoms with Gasteiger partial charge in [0.1, 0.15) is 17.5 Å². The van der Waals surface area contributed by atoms with E-state index >= 15 is 0 Å². The maximum atomic E-state index is 11.0. The highest BCUT2D eigenvalue weighted by molar-refractivity contribution is 5.77. The Labute approximate surface area is 124 Å². The number of aliphatic carboxylic acids is 1. The van der Waals surface area contributed by atoms with Crippen LogP contribution in [0.5, 0.6) is 11.5 Å². The molecule has 2 N–H and O–H groups in total. The minimum atomic E-state index is -0.850. The molecule has 1 unspecified atom stereocenters. The molecular weight excluding hydrogens is 266 g/mol. The second-order valence-electron chi connectivity index (χ2n) is 4.88. The molecule has 1 atom stereocenters. The van der Waals surface area contributed by atoms with E-state index in [1.807, 2.05) is 62.4 Å². The second-order valence-corrected chi connectivity index (χ2v) is 4.88.